The van der Waals surface area contributed by atoms with Gasteiger partial charge in [0.1, 0.15) is 0 Å². The summed E-state index contributed by atoms with van der Waals surface area (Å²) < 4.78 is 5.73. The number of unbranched alkanes of at least 4 members (excludes halogenated alkanes) is 17. The van der Waals surface area contributed by atoms with Crippen molar-refractivity contribution in [2.24, 2.45) is 0 Å². The minimum absolute atomic E-state index is 0.0839. The Bertz CT molecular complexity index is 635. The summed E-state index contributed by atoms with van der Waals surface area (Å²) in [5.74, 6) is -0.0839. The molecule has 234 valence electrons. The molecule has 1 aliphatic heterocycles. The summed E-state index contributed by atoms with van der Waals surface area (Å²) >= 11 is 0. The lowest BCUT2D eigenvalue weighted by Gasteiger charge is -2.20. The van der Waals surface area contributed by atoms with E-state index in [1.165, 1.54) is 96.3 Å². The number of hydrogen-bond donors (Lipinski definition) is 3. The fraction of sp³-hybridized carbons (Fsp3) is 0.857. The molecule has 0 radical (unpaired) electrons. The largest absolute Gasteiger partial charge is 0.394 e. The molecular weight excluding hydrogens is 498 g/mol. The van der Waals surface area contributed by atoms with Gasteiger partial charge in [-0.3, -0.25) is 4.79 Å². The van der Waals surface area contributed by atoms with Crippen molar-refractivity contribution >= 4 is 5.91 Å². The fourth-order valence-electron chi connectivity index (χ4n) is 5.30. The molecule has 5 heteroatoms. The van der Waals surface area contributed by atoms with Crippen molar-refractivity contribution < 1.29 is 19.7 Å². The van der Waals surface area contributed by atoms with Crippen molar-refractivity contribution in [3.63, 3.8) is 0 Å². The molecule has 1 fully saturated rings. The number of hydrogen-bond acceptors (Lipinski definition) is 4. The molecule has 0 bridgehead atoms. The Morgan fingerprint density at radius 2 is 1.27 bits per heavy atom. The molecule has 1 heterocycles. The summed E-state index contributed by atoms with van der Waals surface area (Å²) in [6.45, 7) is 4.24. The zero-order valence-electron chi connectivity index (χ0n) is 26.3. The first-order valence-corrected chi connectivity index (χ1v) is 17.2. The maximum atomic E-state index is 12.3. The van der Waals surface area contributed by atoms with Crippen LogP contribution in [0.5, 0.6) is 0 Å². The van der Waals surface area contributed by atoms with Crippen LogP contribution in [0.2, 0.25) is 0 Å². The smallest absolute Gasteiger partial charge is 0.220 e. The second-order valence-corrected chi connectivity index (χ2v) is 12.0. The van der Waals surface area contributed by atoms with Crippen molar-refractivity contribution in [3.8, 4) is 0 Å². The second-order valence-electron chi connectivity index (χ2n) is 12.0. The maximum Gasteiger partial charge on any atom is 0.220 e. The van der Waals surface area contributed by atoms with Crippen LogP contribution in [0.4, 0.5) is 0 Å². The average Bonchev–Trinajstić information content (AvgIpc) is 3.71. The van der Waals surface area contributed by atoms with Gasteiger partial charge in [0, 0.05) is 6.42 Å². The van der Waals surface area contributed by atoms with E-state index >= 15 is 0 Å². The summed E-state index contributed by atoms with van der Waals surface area (Å²) in [7, 11) is 0. The molecule has 0 aromatic rings. The Morgan fingerprint density at radius 3 is 1.90 bits per heavy atom. The average molecular weight is 564 g/mol. The highest BCUT2D eigenvalue weighted by atomic mass is 16.6. The highest BCUT2D eigenvalue weighted by Gasteiger charge is 2.36. The van der Waals surface area contributed by atoms with Crippen LogP contribution in [0.1, 0.15) is 162 Å². The van der Waals surface area contributed by atoms with Crippen LogP contribution in [0, 0.1) is 0 Å². The molecule has 3 N–H and O–H groups in total. The molecule has 0 saturated carbocycles. The first-order valence-electron chi connectivity index (χ1n) is 17.2. The third kappa shape index (κ3) is 21.6. The predicted molar refractivity (Wildman–Crippen MR) is 170 cm³/mol. The topological polar surface area (TPSA) is 82.1 Å². The maximum absolute atomic E-state index is 12.3. The molecule has 0 aromatic heterocycles. The lowest BCUT2D eigenvalue weighted by Crippen LogP contribution is -2.45. The first-order chi connectivity index (χ1) is 19.6. The summed E-state index contributed by atoms with van der Waals surface area (Å²) in [5.41, 5.74) is 0. The number of aliphatic hydroxyl groups excluding tert-OH is 2. The standard InChI is InChI=1S/C35H65NO4/c1-3-5-7-8-9-10-11-12-13-16-19-23-26-32(38)31(30-37)36-35(39)29-25-21-18-15-14-17-20-24-28-34-33(40-34)27-22-6-4-2/h20,23-24,26,31-34,37-38H,3-19,21-22,25,27-30H2,1-2H3,(H,36,39)/b24-20-,26-23+/t31-,32+,33?,34?/m0/s1. The van der Waals surface area contributed by atoms with E-state index in [0.717, 1.165) is 44.9 Å². The number of carbonyl (C=O) groups is 1. The van der Waals surface area contributed by atoms with E-state index in [4.69, 9.17) is 4.74 Å². The van der Waals surface area contributed by atoms with Crippen molar-refractivity contribution in [1.82, 2.24) is 5.32 Å². The minimum atomic E-state index is -0.844. The van der Waals surface area contributed by atoms with Gasteiger partial charge in [0.15, 0.2) is 0 Å². The summed E-state index contributed by atoms with van der Waals surface area (Å²) in [5, 5.41) is 22.8. The van der Waals surface area contributed by atoms with Crippen molar-refractivity contribution in [1.29, 1.82) is 0 Å². The van der Waals surface area contributed by atoms with Gasteiger partial charge in [-0.15, -0.1) is 0 Å². The van der Waals surface area contributed by atoms with E-state index in [9.17, 15) is 15.0 Å². The van der Waals surface area contributed by atoms with Gasteiger partial charge in [0.05, 0.1) is 31.0 Å². The number of rotatable bonds is 29. The summed E-state index contributed by atoms with van der Waals surface area (Å²) in [4.78, 5) is 12.3. The number of nitrogens with one attached hydrogen (secondary N) is 1. The Balaban J connectivity index is 1.95. The van der Waals surface area contributed by atoms with Crippen LogP contribution in [-0.4, -0.2) is 47.1 Å². The van der Waals surface area contributed by atoms with Gasteiger partial charge in [-0.2, -0.15) is 0 Å². The predicted octanol–water partition coefficient (Wildman–Crippen LogP) is 8.72. The normalized spacial score (nSPS) is 18.5. The van der Waals surface area contributed by atoms with Crippen LogP contribution in [0.15, 0.2) is 24.3 Å². The molecular formula is C35H65NO4. The Labute approximate surface area is 247 Å². The van der Waals surface area contributed by atoms with Gasteiger partial charge in [-0.1, -0.05) is 134 Å². The molecule has 1 rings (SSSR count). The molecule has 5 nitrogen and oxygen atoms in total. The third-order valence-corrected chi connectivity index (χ3v) is 8.10. The first kappa shape index (κ1) is 36.9. The van der Waals surface area contributed by atoms with Crippen molar-refractivity contribution in [2.75, 3.05) is 6.61 Å². The Hall–Kier alpha value is -1.17. The van der Waals surface area contributed by atoms with Crippen molar-refractivity contribution in [2.45, 2.75) is 186 Å². The van der Waals surface area contributed by atoms with E-state index in [1.807, 2.05) is 6.08 Å². The zero-order chi connectivity index (χ0) is 29.1. The number of carbonyl (C=O) groups excluding carboxylic acids is 1. The van der Waals surface area contributed by atoms with Gasteiger partial charge >= 0.3 is 0 Å². The van der Waals surface area contributed by atoms with E-state index in [2.05, 4.69) is 31.3 Å². The van der Waals surface area contributed by atoms with Crippen LogP contribution in [-0.2, 0) is 9.53 Å². The number of epoxide rings is 1. The third-order valence-electron chi connectivity index (χ3n) is 8.10. The summed E-state index contributed by atoms with van der Waals surface area (Å²) in [6.07, 6.45) is 35.6. The lowest BCUT2D eigenvalue weighted by molar-refractivity contribution is -0.123. The van der Waals surface area contributed by atoms with Crippen molar-refractivity contribution in [3.05, 3.63) is 24.3 Å². The Morgan fingerprint density at radius 1 is 0.725 bits per heavy atom. The van der Waals surface area contributed by atoms with E-state index in [1.54, 1.807) is 6.08 Å². The quantitative estimate of drug-likeness (QED) is 0.0483. The molecule has 1 aliphatic rings. The summed E-state index contributed by atoms with van der Waals surface area (Å²) in [6, 6.07) is -0.629. The van der Waals surface area contributed by atoms with E-state index < -0.39 is 12.1 Å². The fourth-order valence-corrected chi connectivity index (χ4v) is 5.30. The lowest BCUT2D eigenvalue weighted by atomic mass is 10.1. The highest BCUT2D eigenvalue weighted by molar-refractivity contribution is 5.76. The van der Waals surface area contributed by atoms with Gasteiger partial charge < -0.3 is 20.3 Å². The molecule has 4 atom stereocenters. The van der Waals surface area contributed by atoms with Crippen LogP contribution in [0.25, 0.3) is 0 Å². The van der Waals surface area contributed by atoms with Crippen LogP contribution in [0.3, 0.4) is 0 Å². The SMILES string of the molecule is CCCCCCCCCCCC/C=C/[C@@H](O)[C@H](CO)NC(=O)CCCCCCC/C=C\CC1OC1CCCCC. The van der Waals surface area contributed by atoms with Gasteiger partial charge in [-0.05, 0) is 44.9 Å². The van der Waals surface area contributed by atoms with Crippen LogP contribution < -0.4 is 5.32 Å². The molecule has 1 amide bonds. The molecule has 2 unspecified atom stereocenters. The number of aliphatic hydroxyl groups is 2. The number of amides is 1. The van der Waals surface area contributed by atoms with Crippen LogP contribution >= 0.6 is 0 Å². The van der Waals surface area contributed by atoms with Gasteiger partial charge in [0.2, 0.25) is 5.91 Å². The monoisotopic (exact) mass is 563 g/mol. The molecule has 0 aromatic carbocycles. The van der Waals surface area contributed by atoms with E-state index in [0.29, 0.717) is 18.6 Å². The molecule has 40 heavy (non-hydrogen) atoms. The van der Waals surface area contributed by atoms with E-state index in [-0.39, 0.29) is 12.5 Å². The van der Waals surface area contributed by atoms with Gasteiger partial charge in [0.25, 0.3) is 0 Å². The Kier molecular flexibility index (Phi) is 24.6. The minimum Gasteiger partial charge on any atom is -0.394 e. The zero-order valence-corrected chi connectivity index (χ0v) is 26.3. The molecule has 0 aliphatic carbocycles. The van der Waals surface area contributed by atoms with Gasteiger partial charge in [-0.25, -0.2) is 0 Å². The highest BCUT2D eigenvalue weighted by Crippen LogP contribution is 2.30. The molecule has 0 spiro atoms. The number of ether oxygens (including phenoxy) is 1. The molecule has 1 saturated heterocycles. The number of allylic oxidation sites excluding steroid dienone is 2. The second kappa shape index (κ2) is 26.7.